The zero-order valence-corrected chi connectivity index (χ0v) is 3.88. The largest absolute Gasteiger partial charge is 2.00 e. The monoisotopic (exact) mass is 148 g/mol. The molecule has 0 saturated carbocycles. The molecular formula is C2H4ORh. The van der Waals surface area contributed by atoms with Gasteiger partial charge in [-0.25, -0.2) is 0 Å². The molecule has 0 aliphatic rings. The molecule has 0 unspecified atom stereocenters. The summed E-state index contributed by atoms with van der Waals surface area (Å²) in [5.41, 5.74) is 0. The van der Waals surface area contributed by atoms with Gasteiger partial charge < -0.3 is 12.2 Å². The summed E-state index contributed by atoms with van der Waals surface area (Å²) in [5.74, 6) is 0. The van der Waals surface area contributed by atoms with Crippen molar-refractivity contribution in [3.63, 3.8) is 0 Å². The molecule has 0 amide bonds. The van der Waals surface area contributed by atoms with Crippen LogP contribution in [-0.2, 0) is 24.3 Å². The second-order valence-corrected chi connectivity index (χ2v) is 0. The number of carbonyl (C=O) groups excluding carboxylic acids is 1. The van der Waals surface area contributed by atoms with Crippen molar-refractivity contribution in [3.05, 3.63) is 7.43 Å². The Morgan fingerprint density at radius 1 is 2.00 bits per heavy atom. The first-order valence-corrected chi connectivity index (χ1v) is 0.204. The van der Waals surface area contributed by atoms with Gasteiger partial charge in [-0.15, -0.1) is 0 Å². The van der Waals surface area contributed by atoms with Gasteiger partial charge in [-0.1, -0.05) is 0 Å². The van der Waals surface area contributed by atoms with E-state index in [1.165, 1.54) is 0 Å². The van der Waals surface area contributed by atoms with E-state index < -0.39 is 0 Å². The molecule has 0 aliphatic carbocycles. The standard InChI is InChI=1S/CHO.CH3.Rh/c1-2;;/h1H;1H3;/q2*-1;+2/i1D;;. The average molecular weight is 148 g/mol. The number of hydrogen-bond donors (Lipinski definition) is 0. The number of hydrogen-bond acceptors (Lipinski definition) is 1. The van der Waals surface area contributed by atoms with Gasteiger partial charge in [-0.3, -0.25) is 6.77 Å². The Kier molecular flexibility index (Phi) is 445. The van der Waals surface area contributed by atoms with Gasteiger partial charge in [0.1, 0.15) is 0 Å². The third kappa shape index (κ3) is 44.6. The van der Waals surface area contributed by atoms with E-state index in [-0.39, 0.29) is 26.9 Å². The van der Waals surface area contributed by atoms with E-state index >= 15 is 0 Å². The molecule has 0 aromatic carbocycles. The summed E-state index contributed by atoms with van der Waals surface area (Å²) < 4.78 is 5.40. The van der Waals surface area contributed by atoms with Crippen LogP contribution in [0.4, 0.5) is 0 Å². The van der Waals surface area contributed by atoms with Crippen molar-refractivity contribution in [2.45, 2.75) is 0 Å². The predicted octanol–water partition coefficient (Wildman–Crippen LogP) is 0.174. The Balaban J connectivity index is -0.0000000200. The van der Waals surface area contributed by atoms with Crippen molar-refractivity contribution in [1.29, 1.82) is 0 Å². The molecule has 0 saturated heterocycles. The quantitative estimate of drug-likeness (QED) is 0.272. The van der Waals surface area contributed by atoms with Gasteiger partial charge in [0.25, 0.3) is 0 Å². The van der Waals surface area contributed by atoms with E-state index in [2.05, 4.69) is 0 Å². The summed E-state index contributed by atoms with van der Waals surface area (Å²) in [5, 5.41) is 0. The minimum absolute atomic E-state index is 0. The fourth-order valence-electron chi connectivity index (χ4n) is 0. The van der Waals surface area contributed by atoms with Crippen LogP contribution in [0.15, 0.2) is 0 Å². The van der Waals surface area contributed by atoms with E-state index in [4.69, 9.17) is 6.17 Å². The molecule has 0 bridgehead atoms. The normalized spacial score (nSPS) is 3.50. The van der Waals surface area contributed by atoms with E-state index in [9.17, 15) is 0 Å². The van der Waals surface area contributed by atoms with Gasteiger partial charge in [-0.2, -0.15) is 1.37 Å². The summed E-state index contributed by atoms with van der Waals surface area (Å²) in [4.78, 5) is 8.35. The first-order valence-electron chi connectivity index (χ1n) is 0.704. The van der Waals surface area contributed by atoms with Crippen molar-refractivity contribution in [2.75, 3.05) is 0 Å². The first-order chi connectivity index (χ1) is 1.41. The molecule has 1 nitrogen and oxygen atoms in total. The molecule has 1 radical (unpaired) electrons. The van der Waals surface area contributed by atoms with Crippen LogP contribution in [0.2, 0.25) is 0 Å². The van der Waals surface area contributed by atoms with Crippen LogP contribution in [0.25, 0.3) is 0 Å². The van der Waals surface area contributed by atoms with Gasteiger partial charge in [-0.05, 0) is 0 Å². The molecule has 0 heterocycles. The Morgan fingerprint density at radius 2 is 2.00 bits per heavy atom. The molecule has 0 rings (SSSR count). The molecule has 0 spiro atoms. The van der Waals surface area contributed by atoms with Crippen molar-refractivity contribution in [2.24, 2.45) is 0 Å². The summed E-state index contributed by atoms with van der Waals surface area (Å²) >= 11 is 0. The van der Waals surface area contributed by atoms with E-state index in [1.54, 1.807) is 0 Å². The van der Waals surface area contributed by atoms with Gasteiger partial charge in [0.05, 0.1) is 0 Å². The van der Waals surface area contributed by atoms with Crippen LogP contribution < -0.4 is 0 Å². The molecule has 2 heteroatoms. The van der Waals surface area contributed by atoms with Crippen molar-refractivity contribution < 1.29 is 25.6 Å². The molecule has 0 atom stereocenters. The second kappa shape index (κ2) is 201. The SMILES string of the molecule is [2H][C-]=O.[CH3-].[Rh+2]. The van der Waals surface area contributed by atoms with Crippen molar-refractivity contribution >= 4 is 6.77 Å². The maximum absolute atomic E-state index is 8.35. The third-order valence-corrected chi connectivity index (χ3v) is 0. The minimum Gasteiger partial charge on any atom is -0.545 e. The van der Waals surface area contributed by atoms with Gasteiger partial charge in [0, 0.05) is 0 Å². The Morgan fingerprint density at radius 3 is 2.00 bits per heavy atom. The minimum atomic E-state index is 0. The molecule has 0 aromatic heterocycles. The Hall–Kier alpha value is 0.293. The molecule has 0 fully saturated rings. The average Bonchev–Trinajstić information content (AvgIpc) is 0.918. The summed E-state index contributed by atoms with van der Waals surface area (Å²) in [7, 11) is 0. The van der Waals surface area contributed by atoms with E-state index in [1.807, 2.05) is 0 Å². The van der Waals surface area contributed by atoms with Gasteiger partial charge in [0.15, 0.2) is 0 Å². The zero-order valence-electron chi connectivity index (χ0n) is 3.24. The molecule has 0 N–H and O–H groups in total. The maximum atomic E-state index is 8.35. The maximum Gasteiger partial charge on any atom is 2.00 e. The molecular weight excluding hydrogens is 143 g/mol. The first kappa shape index (κ1) is 8.85. The molecule has 4 heavy (non-hydrogen) atoms. The van der Waals surface area contributed by atoms with Crippen LogP contribution in [0.3, 0.4) is 0 Å². The molecule has 0 aliphatic heterocycles. The van der Waals surface area contributed by atoms with Crippen LogP contribution >= 0.6 is 0 Å². The van der Waals surface area contributed by atoms with E-state index in [0.29, 0.717) is 0 Å². The summed E-state index contributed by atoms with van der Waals surface area (Å²) in [6.07, 6.45) is 0. The Bertz CT molecular complexity index is 17.1. The van der Waals surface area contributed by atoms with Crippen LogP contribution in [0.5, 0.6) is 0 Å². The molecule has 27 valence electrons. The Labute approximate surface area is 40.6 Å². The van der Waals surface area contributed by atoms with Crippen LogP contribution in [0, 0.1) is 7.43 Å². The molecule has 0 aromatic rings. The predicted molar refractivity (Wildman–Crippen MR) is 13.2 cm³/mol. The third-order valence-electron chi connectivity index (χ3n) is 0. The van der Waals surface area contributed by atoms with Crippen LogP contribution in [-0.4, -0.2) is 6.77 Å². The van der Waals surface area contributed by atoms with Gasteiger partial charge >= 0.3 is 19.5 Å². The summed E-state index contributed by atoms with van der Waals surface area (Å²) in [6, 6.07) is 0. The second-order valence-electron chi connectivity index (χ2n) is 0. The fourth-order valence-corrected chi connectivity index (χ4v) is 0. The van der Waals surface area contributed by atoms with Gasteiger partial charge in [0.2, 0.25) is 0 Å². The summed E-state index contributed by atoms with van der Waals surface area (Å²) in [6.45, 7) is 0.750. The van der Waals surface area contributed by atoms with Crippen molar-refractivity contribution in [1.82, 2.24) is 0 Å². The van der Waals surface area contributed by atoms with Crippen LogP contribution in [0.1, 0.15) is 1.37 Å². The zero-order chi connectivity index (χ0) is 2.71. The van der Waals surface area contributed by atoms with Crippen molar-refractivity contribution in [3.8, 4) is 0 Å². The smallest absolute Gasteiger partial charge is 0.545 e. The topological polar surface area (TPSA) is 17.1 Å². The van der Waals surface area contributed by atoms with E-state index in [0.717, 1.165) is 6.77 Å². The number of rotatable bonds is 0. The fraction of sp³-hybridized carbons (Fsp3) is 0.